The largest absolute Gasteiger partial charge is 0.490 e. The first kappa shape index (κ1) is 14.1. The van der Waals surface area contributed by atoms with Gasteiger partial charge in [0.15, 0.2) is 5.75 Å². The standard InChI is InChI=1S/C12H15N3O5/c1-20-11-6-8(2-3-10(11)15(18)19)14-5-4-13-9(7-14)12(16)17/h2-3,6,9,13H,4-5,7H2,1H3,(H,16,17). The van der Waals surface area contributed by atoms with E-state index >= 15 is 0 Å². The number of aliphatic carboxylic acids is 1. The highest BCUT2D eigenvalue weighted by molar-refractivity contribution is 5.75. The monoisotopic (exact) mass is 281 g/mol. The number of hydrogen-bond donors (Lipinski definition) is 2. The van der Waals surface area contributed by atoms with Crippen LogP contribution in [0, 0.1) is 10.1 Å². The number of ether oxygens (including phenoxy) is 1. The molecule has 0 bridgehead atoms. The van der Waals surface area contributed by atoms with Gasteiger partial charge in [-0.25, -0.2) is 0 Å². The normalized spacial score (nSPS) is 18.6. The molecule has 0 saturated carbocycles. The van der Waals surface area contributed by atoms with Gasteiger partial charge in [-0.2, -0.15) is 0 Å². The molecule has 0 amide bonds. The number of methoxy groups -OCH3 is 1. The number of carbonyl (C=O) groups is 1. The molecule has 20 heavy (non-hydrogen) atoms. The Morgan fingerprint density at radius 1 is 1.60 bits per heavy atom. The lowest BCUT2D eigenvalue weighted by molar-refractivity contribution is -0.385. The number of benzene rings is 1. The van der Waals surface area contributed by atoms with Crippen molar-refractivity contribution in [2.75, 3.05) is 31.6 Å². The summed E-state index contributed by atoms with van der Waals surface area (Å²) in [4.78, 5) is 23.2. The van der Waals surface area contributed by atoms with Gasteiger partial charge in [0.05, 0.1) is 12.0 Å². The fraction of sp³-hybridized carbons (Fsp3) is 0.417. The van der Waals surface area contributed by atoms with E-state index in [4.69, 9.17) is 9.84 Å². The number of nitrogens with zero attached hydrogens (tertiary/aromatic N) is 2. The molecule has 1 unspecified atom stereocenters. The van der Waals surface area contributed by atoms with Gasteiger partial charge in [0, 0.05) is 37.5 Å². The lowest BCUT2D eigenvalue weighted by atomic mass is 10.1. The predicted molar refractivity (Wildman–Crippen MR) is 71.3 cm³/mol. The van der Waals surface area contributed by atoms with Gasteiger partial charge < -0.3 is 20.1 Å². The first-order chi connectivity index (χ1) is 9.52. The highest BCUT2D eigenvalue weighted by atomic mass is 16.6. The van der Waals surface area contributed by atoms with E-state index in [9.17, 15) is 14.9 Å². The number of rotatable bonds is 4. The number of carboxylic acid groups (broad SMARTS) is 1. The molecule has 0 radical (unpaired) electrons. The number of piperazine rings is 1. The molecule has 1 aromatic rings. The highest BCUT2D eigenvalue weighted by Gasteiger charge is 2.26. The summed E-state index contributed by atoms with van der Waals surface area (Å²) in [5.74, 6) is -0.749. The molecule has 108 valence electrons. The van der Waals surface area contributed by atoms with Crippen molar-refractivity contribution in [2.24, 2.45) is 0 Å². The Morgan fingerprint density at radius 2 is 2.35 bits per heavy atom. The van der Waals surface area contributed by atoms with Crippen molar-refractivity contribution in [3.8, 4) is 5.75 Å². The molecule has 1 atom stereocenters. The Labute approximate surface area is 115 Å². The maximum atomic E-state index is 11.0. The van der Waals surface area contributed by atoms with Gasteiger partial charge in [-0.1, -0.05) is 0 Å². The first-order valence-electron chi connectivity index (χ1n) is 6.06. The van der Waals surface area contributed by atoms with E-state index < -0.39 is 16.9 Å². The molecule has 8 nitrogen and oxygen atoms in total. The second kappa shape index (κ2) is 5.74. The molecule has 0 aliphatic carbocycles. The van der Waals surface area contributed by atoms with Crippen molar-refractivity contribution in [1.29, 1.82) is 0 Å². The van der Waals surface area contributed by atoms with Gasteiger partial charge in [0.1, 0.15) is 6.04 Å². The number of anilines is 1. The third kappa shape index (κ3) is 2.80. The molecule has 1 aliphatic heterocycles. The summed E-state index contributed by atoms with van der Waals surface area (Å²) in [6.07, 6.45) is 0. The molecule has 0 spiro atoms. The minimum absolute atomic E-state index is 0.110. The third-order valence-electron chi connectivity index (χ3n) is 3.20. The molecule has 1 aliphatic rings. The van der Waals surface area contributed by atoms with E-state index in [1.54, 1.807) is 12.1 Å². The van der Waals surface area contributed by atoms with E-state index in [0.717, 1.165) is 0 Å². The van der Waals surface area contributed by atoms with Crippen LogP contribution >= 0.6 is 0 Å². The van der Waals surface area contributed by atoms with Crippen LogP contribution in [0.2, 0.25) is 0 Å². The van der Waals surface area contributed by atoms with Crippen molar-refractivity contribution >= 4 is 17.3 Å². The lowest BCUT2D eigenvalue weighted by Gasteiger charge is -2.33. The Hall–Kier alpha value is -2.35. The van der Waals surface area contributed by atoms with Crippen LogP contribution in [0.1, 0.15) is 0 Å². The molecule has 1 saturated heterocycles. The summed E-state index contributed by atoms with van der Waals surface area (Å²) in [5.41, 5.74) is 0.598. The molecule has 1 aromatic carbocycles. The minimum Gasteiger partial charge on any atom is -0.490 e. The predicted octanol–water partition coefficient (Wildman–Crippen LogP) is 0.466. The lowest BCUT2D eigenvalue weighted by Crippen LogP contribution is -2.54. The van der Waals surface area contributed by atoms with Gasteiger partial charge in [-0.05, 0) is 6.07 Å². The van der Waals surface area contributed by atoms with E-state index in [1.165, 1.54) is 13.2 Å². The average molecular weight is 281 g/mol. The Kier molecular flexibility index (Phi) is 4.04. The summed E-state index contributed by atoms with van der Waals surface area (Å²) in [5, 5.41) is 22.7. The fourth-order valence-corrected chi connectivity index (χ4v) is 2.16. The molecule has 0 aromatic heterocycles. The number of nitrogens with one attached hydrogen (secondary N) is 1. The summed E-state index contributed by atoms with van der Waals surface area (Å²) >= 11 is 0. The second-order valence-electron chi connectivity index (χ2n) is 4.40. The van der Waals surface area contributed by atoms with E-state index in [2.05, 4.69) is 5.32 Å². The maximum absolute atomic E-state index is 11.0. The number of nitro benzene ring substituents is 1. The molecule has 2 rings (SSSR count). The van der Waals surface area contributed by atoms with Crippen molar-refractivity contribution < 1.29 is 19.6 Å². The quantitative estimate of drug-likeness (QED) is 0.610. The highest BCUT2D eigenvalue weighted by Crippen LogP contribution is 2.31. The molecule has 8 heteroatoms. The second-order valence-corrected chi connectivity index (χ2v) is 4.40. The van der Waals surface area contributed by atoms with E-state index in [-0.39, 0.29) is 11.4 Å². The molecular weight excluding hydrogens is 266 g/mol. The maximum Gasteiger partial charge on any atom is 0.322 e. The van der Waals surface area contributed by atoms with Crippen molar-refractivity contribution in [2.45, 2.75) is 6.04 Å². The van der Waals surface area contributed by atoms with Crippen LogP contribution in [-0.2, 0) is 4.79 Å². The van der Waals surface area contributed by atoms with Gasteiger partial charge in [-0.3, -0.25) is 14.9 Å². The van der Waals surface area contributed by atoms with E-state index in [0.29, 0.717) is 25.3 Å². The van der Waals surface area contributed by atoms with Crippen LogP contribution < -0.4 is 15.0 Å². The van der Waals surface area contributed by atoms with Crippen LogP contribution in [0.15, 0.2) is 18.2 Å². The van der Waals surface area contributed by atoms with Crippen LogP contribution in [0.4, 0.5) is 11.4 Å². The summed E-state index contributed by atoms with van der Waals surface area (Å²) in [7, 11) is 1.37. The van der Waals surface area contributed by atoms with Gasteiger partial charge in [0.25, 0.3) is 0 Å². The van der Waals surface area contributed by atoms with Crippen LogP contribution in [0.5, 0.6) is 5.75 Å². The number of hydrogen-bond acceptors (Lipinski definition) is 6. The zero-order chi connectivity index (χ0) is 14.7. The molecule has 1 fully saturated rings. The summed E-state index contributed by atoms with van der Waals surface area (Å²) in [6, 6.07) is 3.88. The van der Waals surface area contributed by atoms with Crippen LogP contribution in [-0.4, -0.2) is 48.8 Å². The zero-order valence-corrected chi connectivity index (χ0v) is 10.9. The Balaban J connectivity index is 2.24. The van der Waals surface area contributed by atoms with E-state index in [1.807, 2.05) is 4.90 Å². The first-order valence-corrected chi connectivity index (χ1v) is 6.06. The smallest absolute Gasteiger partial charge is 0.322 e. The third-order valence-corrected chi connectivity index (χ3v) is 3.20. The van der Waals surface area contributed by atoms with Crippen LogP contribution in [0.3, 0.4) is 0 Å². The number of carboxylic acids is 1. The topological polar surface area (TPSA) is 105 Å². The van der Waals surface area contributed by atoms with Gasteiger partial charge >= 0.3 is 11.7 Å². The molecular formula is C12H15N3O5. The van der Waals surface area contributed by atoms with Gasteiger partial charge in [-0.15, -0.1) is 0 Å². The van der Waals surface area contributed by atoms with Crippen molar-refractivity contribution in [3.05, 3.63) is 28.3 Å². The molecule has 1 heterocycles. The Morgan fingerprint density at radius 3 is 2.95 bits per heavy atom. The SMILES string of the molecule is COc1cc(N2CCNC(C(=O)O)C2)ccc1[N+](=O)[O-]. The Bertz CT molecular complexity index is 534. The number of nitro groups is 1. The molecule has 2 N–H and O–H groups in total. The van der Waals surface area contributed by atoms with Gasteiger partial charge in [0.2, 0.25) is 0 Å². The zero-order valence-electron chi connectivity index (χ0n) is 10.9. The van der Waals surface area contributed by atoms with Crippen molar-refractivity contribution in [3.63, 3.8) is 0 Å². The van der Waals surface area contributed by atoms with Crippen molar-refractivity contribution in [1.82, 2.24) is 5.32 Å². The average Bonchev–Trinajstić information content (AvgIpc) is 2.46. The van der Waals surface area contributed by atoms with Crippen LogP contribution in [0.25, 0.3) is 0 Å². The summed E-state index contributed by atoms with van der Waals surface area (Å²) in [6.45, 7) is 1.47. The fourth-order valence-electron chi connectivity index (χ4n) is 2.16. The minimum atomic E-state index is -0.913. The summed E-state index contributed by atoms with van der Waals surface area (Å²) < 4.78 is 5.01.